The number of thiophene rings is 1. The number of aryl methyl sites for hydroxylation is 1. The number of allylic oxidation sites excluding steroid dienone is 1. The maximum atomic E-state index is 12.7. The normalized spacial score (nSPS) is 17.5. The van der Waals surface area contributed by atoms with E-state index in [9.17, 15) is 9.59 Å². The Morgan fingerprint density at radius 2 is 1.96 bits per heavy atom. The second-order valence-electron chi connectivity index (χ2n) is 5.95. The van der Waals surface area contributed by atoms with Crippen LogP contribution in [0.1, 0.15) is 29.0 Å². The fraction of sp³-hybridized carbons (Fsp3) is 0.263. The van der Waals surface area contributed by atoms with Gasteiger partial charge >= 0.3 is 12.0 Å². The molecule has 0 aliphatic carbocycles. The molecule has 2 amide bonds. The van der Waals surface area contributed by atoms with Gasteiger partial charge in [0.1, 0.15) is 0 Å². The van der Waals surface area contributed by atoms with Gasteiger partial charge in [-0.25, -0.2) is 9.59 Å². The van der Waals surface area contributed by atoms with Gasteiger partial charge in [-0.3, -0.25) is 4.90 Å². The molecule has 1 aromatic carbocycles. The summed E-state index contributed by atoms with van der Waals surface area (Å²) in [4.78, 5) is 27.7. The fourth-order valence-electron chi connectivity index (χ4n) is 2.91. The lowest BCUT2D eigenvalue weighted by atomic mass is 9.94. The molecule has 1 aromatic heterocycles. The Morgan fingerprint density at radius 3 is 2.56 bits per heavy atom. The van der Waals surface area contributed by atoms with E-state index in [2.05, 4.69) is 5.32 Å². The van der Waals surface area contributed by atoms with Gasteiger partial charge in [0.15, 0.2) is 0 Å². The average Bonchev–Trinajstić information content (AvgIpc) is 3.11. The lowest BCUT2D eigenvalue weighted by molar-refractivity contribution is -0.136. The van der Waals surface area contributed by atoms with E-state index in [4.69, 9.17) is 4.74 Å². The molecule has 3 rings (SSSR count). The van der Waals surface area contributed by atoms with Gasteiger partial charge in [-0.15, -0.1) is 11.3 Å². The minimum absolute atomic E-state index is 0.218. The number of urea groups is 1. The van der Waals surface area contributed by atoms with Gasteiger partial charge in [0.25, 0.3) is 0 Å². The van der Waals surface area contributed by atoms with E-state index >= 15 is 0 Å². The zero-order chi connectivity index (χ0) is 18.0. The van der Waals surface area contributed by atoms with Crippen LogP contribution in [0.15, 0.2) is 53.0 Å². The topological polar surface area (TPSA) is 58.6 Å². The van der Waals surface area contributed by atoms with Crippen LogP contribution in [0.3, 0.4) is 0 Å². The molecule has 0 unspecified atom stereocenters. The number of ether oxygens (including phenoxy) is 1. The number of benzene rings is 1. The number of amides is 2. The standard InChI is InChI=1S/C19H20N2O3S/c1-12-6-8-14(9-7-12)17-16(18(22)24-3)13(2)21(19(23)20-17)11-15-5-4-10-25-15/h4-10,17H,11H2,1-3H3,(H,20,23)/t17-/m0/s1. The Bertz CT molecular complexity index is 810. The molecule has 0 radical (unpaired) electrons. The Labute approximate surface area is 150 Å². The molecule has 1 aliphatic rings. The summed E-state index contributed by atoms with van der Waals surface area (Å²) >= 11 is 1.57. The monoisotopic (exact) mass is 356 g/mol. The van der Waals surface area contributed by atoms with Crippen molar-refractivity contribution in [3.8, 4) is 0 Å². The largest absolute Gasteiger partial charge is 0.466 e. The van der Waals surface area contributed by atoms with Crippen molar-refractivity contribution in [3.63, 3.8) is 0 Å². The van der Waals surface area contributed by atoms with Crippen LogP contribution in [0, 0.1) is 6.92 Å². The van der Waals surface area contributed by atoms with E-state index in [1.165, 1.54) is 7.11 Å². The number of carbonyl (C=O) groups excluding carboxylic acids is 2. The number of rotatable bonds is 4. The predicted molar refractivity (Wildman–Crippen MR) is 97.0 cm³/mol. The second kappa shape index (κ2) is 7.11. The van der Waals surface area contributed by atoms with Crippen LogP contribution < -0.4 is 5.32 Å². The first kappa shape index (κ1) is 17.2. The van der Waals surface area contributed by atoms with Crippen molar-refractivity contribution in [2.24, 2.45) is 0 Å². The molecule has 1 atom stereocenters. The summed E-state index contributed by atoms with van der Waals surface area (Å²) in [6.07, 6.45) is 0. The quantitative estimate of drug-likeness (QED) is 0.849. The van der Waals surface area contributed by atoms with E-state index in [0.717, 1.165) is 16.0 Å². The van der Waals surface area contributed by atoms with E-state index in [1.807, 2.05) is 48.7 Å². The Hall–Kier alpha value is -2.60. The molecular weight excluding hydrogens is 336 g/mol. The highest BCUT2D eigenvalue weighted by molar-refractivity contribution is 7.09. The smallest absolute Gasteiger partial charge is 0.337 e. The van der Waals surface area contributed by atoms with Crippen molar-refractivity contribution in [2.45, 2.75) is 26.4 Å². The summed E-state index contributed by atoms with van der Waals surface area (Å²) in [7, 11) is 1.36. The molecule has 0 bridgehead atoms. The van der Waals surface area contributed by atoms with Crippen molar-refractivity contribution < 1.29 is 14.3 Å². The van der Waals surface area contributed by atoms with E-state index in [-0.39, 0.29) is 6.03 Å². The first-order chi connectivity index (χ1) is 12.0. The van der Waals surface area contributed by atoms with Crippen molar-refractivity contribution in [3.05, 3.63) is 69.1 Å². The summed E-state index contributed by atoms with van der Waals surface area (Å²) < 4.78 is 4.98. The van der Waals surface area contributed by atoms with Crippen molar-refractivity contribution in [2.75, 3.05) is 7.11 Å². The highest BCUT2D eigenvalue weighted by Gasteiger charge is 2.36. The van der Waals surface area contributed by atoms with E-state index in [0.29, 0.717) is 17.8 Å². The lowest BCUT2D eigenvalue weighted by Gasteiger charge is -2.35. The van der Waals surface area contributed by atoms with E-state index < -0.39 is 12.0 Å². The number of nitrogens with one attached hydrogen (secondary N) is 1. The first-order valence-corrected chi connectivity index (χ1v) is 8.85. The molecule has 25 heavy (non-hydrogen) atoms. The number of esters is 1. The van der Waals surface area contributed by atoms with Crippen molar-refractivity contribution in [1.82, 2.24) is 10.2 Å². The van der Waals surface area contributed by atoms with Crippen LogP contribution in [0.2, 0.25) is 0 Å². The SMILES string of the molecule is COC(=O)C1=C(C)N(Cc2cccs2)C(=O)N[C@H]1c1ccc(C)cc1. The zero-order valence-corrected chi connectivity index (χ0v) is 15.2. The average molecular weight is 356 g/mol. The summed E-state index contributed by atoms with van der Waals surface area (Å²) in [5.41, 5.74) is 3.05. The van der Waals surface area contributed by atoms with Crippen LogP contribution in [-0.4, -0.2) is 24.0 Å². The van der Waals surface area contributed by atoms with Gasteiger partial charge in [0.2, 0.25) is 0 Å². The highest BCUT2D eigenvalue weighted by atomic mass is 32.1. The molecular formula is C19H20N2O3S. The number of carbonyl (C=O) groups is 2. The summed E-state index contributed by atoms with van der Waals surface area (Å²) in [5.74, 6) is -0.431. The predicted octanol–water partition coefficient (Wildman–Crippen LogP) is 3.77. The summed E-state index contributed by atoms with van der Waals surface area (Å²) in [6.45, 7) is 4.21. The zero-order valence-electron chi connectivity index (χ0n) is 14.4. The van der Waals surface area contributed by atoms with Crippen LogP contribution >= 0.6 is 11.3 Å². The number of methoxy groups -OCH3 is 1. The maximum absolute atomic E-state index is 12.7. The molecule has 0 saturated carbocycles. The first-order valence-electron chi connectivity index (χ1n) is 7.97. The van der Waals surface area contributed by atoms with Crippen LogP contribution in [0.5, 0.6) is 0 Å². The van der Waals surface area contributed by atoms with Crippen LogP contribution in [0.4, 0.5) is 4.79 Å². The van der Waals surface area contributed by atoms with Gasteiger partial charge in [-0.2, -0.15) is 0 Å². The Morgan fingerprint density at radius 1 is 1.24 bits per heavy atom. The van der Waals surface area contributed by atoms with Gasteiger partial charge in [-0.05, 0) is 30.9 Å². The van der Waals surface area contributed by atoms with Gasteiger partial charge < -0.3 is 10.1 Å². The molecule has 0 fully saturated rings. The maximum Gasteiger partial charge on any atom is 0.337 e. The number of nitrogens with zero attached hydrogens (tertiary/aromatic N) is 1. The molecule has 5 nitrogen and oxygen atoms in total. The van der Waals surface area contributed by atoms with Crippen molar-refractivity contribution in [1.29, 1.82) is 0 Å². The second-order valence-corrected chi connectivity index (χ2v) is 6.98. The molecule has 2 heterocycles. The Balaban J connectivity index is 2.02. The lowest BCUT2D eigenvalue weighted by Crippen LogP contribution is -2.47. The van der Waals surface area contributed by atoms with E-state index in [1.54, 1.807) is 23.2 Å². The highest BCUT2D eigenvalue weighted by Crippen LogP contribution is 2.32. The fourth-order valence-corrected chi connectivity index (χ4v) is 3.61. The molecule has 0 spiro atoms. The van der Waals surface area contributed by atoms with Crippen LogP contribution in [-0.2, 0) is 16.1 Å². The molecule has 6 heteroatoms. The third-order valence-electron chi connectivity index (χ3n) is 4.31. The van der Waals surface area contributed by atoms with Crippen molar-refractivity contribution >= 4 is 23.3 Å². The molecule has 0 saturated heterocycles. The molecule has 2 aromatic rings. The molecule has 1 aliphatic heterocycles. The number of hydrogen-bond donors (Lipinski definition) is 1. The third-order valence-corrected chi connectivity index (χ3v) is 5.17. The van der Waals surface area contributed by atoms with Crippen LogP contribution in [0.25, 0.3) is 0 Å². The van der Waals surface area contributed by atoms with Gasteiger partial charge in [0, 0.05) is 10.6 Å². The number of hydrogen-bond acceptors (Lipinski definition) is 4. The third kappa shape index (κ3) is 3.44. The summed E-state index contributed by atoms with van der Waals surface area (Å²) in [5, 5.41) is 4.91. The van der Waals surface area contributed by atoms with Gasteiger partial charge in [0.05, 0.1) is 25.3 Å². The molecule has 1 N–H and O–H groups in total. The minimum Gasteiger partial charge on any atom is -0.466 e. The Kier molecular flexibility index (Phi) is 4.90. The minimum atomic E-state index is -0.514. The summed E-state index contributed by atoms with van der Waals surface area (Å²) in [6, 6.07) is 10.9. The van der Waals surface area contributed by atoms with Gasteiger partial charge in [-0.1, -0.05) is 35.9 Å². The molecule has 130 valence electrons.